The molecule has 7 heteroatoms. The minimum atomic E-state index is -0.0932. The molecule has 2 atom stereocenters. The Hall–Kier alpha value is -2.25. The number of imidazole rings is 1. The van der Waals surface area contributed by atoms with Gasteiger partial charge in [-0.2, -0.15) is 5.10 Å². The molecule has 0 spiro atoms. The maximum atomic E-state index is 12.7. The summed E-state index contributed by atoms with van der Waals surface area (Å²) in [5.74, 6) is 2.66. The van der Waals surface area contributed by atoms with Crippen molar-refractivity contribution >= 4 is 5.52 Å². The molecule has 0 amide bonds. The highest BCUT2D eigenvalue weighted by atomic mass is 16.5. The number of ether oxygens (including phenoxy) is 1. The lowest BCUT2D eigenvalue weighted by molar-refractivity contribution is 0.0832. The van der Waals surface area contributed by atoms with E-state index in [9.17, 15) is 4.79 Å². The summed E-state index contributed by atoms with van der Waals surface area (Å²) in [6.07, 6.45) is 12.7. The molecule has 2 saturated heterocycles. The van der Waals surface area contributed by atoms with Crippen LogP contribution >= 0.6 is 0 Å². The van der Waals surface area contributed by atoms with Crippen LogP contribution in [0.25, 0.3) is 5.52 Å². The van der Waals surface area contributed by atoms with E-state index in [2.05, 4.69) is 40.0 Å². The number of allylic oxidation sites excluding steroid dienone is 2. The second kappa shape index (κ2) is 7.88. The Labute approximate surface area is 170 Å². The average molecular weight is 396 g/mol. The van der Waals surface area contributed by atoms with Crippen LogP contribution in [-0.4, -0.2) is 57.3 Å². The van der Waals surface area contributed by atoms with Gasteiger partial charge in [0.25, 0.3) is 5.56 Å². The molecule has 2 fully saturated rings. The lowest BCUT2D eigenvalue weighted by Gasteiger charge is -2.21. The van der Waals surface area contributed by atoms with Gasteiger partial charge < -0.3 is 9.72 Å². The number of fused-ring (bicyclic) bond motifs is 1. The SMILES string of the molecule is CC1CN(CC2=CCCC=C2)C[C@H]1c1nn2c(C3CCOCC3)ncc2c(=O)[nH]1. The van der Waals surface area contributed by atoms with Crippen LogP contribution in [-0.2, 0) is 4.74 Å². The van der Waals surface area contributed by atoms with Gasteiger partial charge in [-0.3, -0.25) is 9.69 Å². The van der Waals surface area contributed by atoms with Crippen LogP contribution in [0.2, 0.25) is 0 Å². The van der Waals surface area contributed by atoms with Gasteiger partial charge in [0.2, 0.25) is 0 Å². The van der Waals surface area contributed by atoms with Gasteiger partial charge in [-0.15, -0.1) is 0 Å². The summed E-state index contributed by atoms with van der Waals surface area (Å²) in [6.45, 7) is 6.66. The van der Waals surface area contributed by atoms with Gasteiger partial charge in [0, 0.05) is 44.7 Å². The van der Waals surface area contributed by atoms with E-state index in [1.54, 1.807) is 10.7 Å². The monoisotopic (exact) mass is 395 g/mol. The minimum Gasteiger partial charge on any atom is -0.381 e. The van der Waals surface area contributed by atoms with Crippen LogP contribution in [0.1, 0.15) is 56.1 Å². The Balaban J connectivity index is 1.41. The van der Waals surface area contributed by atoms with Crippen molar-refractivity contribution in [2.45, 2.75) is 44.4 Å². The van der Waals surface area contributed by atoms with E-state index in [1.807, 2.05) is 0 Å². The van der Waals surface area contributed by atoms with Gasteiger partial charge in [-0.25, -0.2) is 9.50 Å². The Morgan fingerprint density at radius 1 is 1.24 bits per heavy atom. The molecule has 1 N–H and O–H groups in total. The second-order valence-electron chi connectivity index (χ2n) is 8.68. The fraction of sp³-hybridized carbons (Fsp3) is 0.591. The molecule has 0 aromatic carbocycles. The summed E-state index contributed by atoms with van der Waals surface area (Å²) in [4.78, 5) is 22.8. The van der Waals surface area contributed by atoms with E-state index >= 15 is 0 Å². The van der Waals surface area contributed by atoms with Crippen molar-refractivity contribution in [2.75, 3.05) is 32.8 Å². The van der Waals surface area contributed by atoms with Crippen molar-refractivity contribution in [3.63, 3.8) is 0 Å². The Morgan fingerprint density at radius 3 is 2.90 bits per heavy atom. The summed E-state index contributed by atoms with van der Waals surface area (Å²) in [6, 6.07) is 0. The van der Waals surface area contributed by atoms with Crippen molar-refractivity contribution in [3.05, 3.63) is 52.0 Å². The first-order valence-corrected chi connectivity index (χ1v) is 10.8. The van der Waals surface area contributed by atoms with E-state index < -0.39 is 0 Å². The largest absolute Gasteiger partial charge is 0.381 e. The summed E-state index contributed by atoms with van der Waals surface area (Å²) < 4.78 is 7.28. The van der Waals surface area contributed by atoms with Crippen LogP contribution in [0.5, 0.6) is 0 Å². The zero-order valence-electron chi connectivity index (χ0n) is 17.0. The summed E-state index contributed by atoms with van der Waals surface area (Å²) in [7, 11) is 0. The zero-order valence-corrected chi connectivity index (χ0v) is 17.0. The molecule has 3 aliphatic rings. The topological polar surface area (TPSA) is 75.5 Å². The smallest absolute Gasteiger partial charge is 0.276 e. The third kappa shape index (κ3) is 3.69. The number of H-pyrrole nitrogens is 1. The average Bonchev–Trinajstić information content (AvgIpc) is 3.33. The van der Waals surface area contributed by atoms with E-state index in [4.69, 9.17) is 9.84 Å². The molecular weight excluding hydrogens is 366 g/mol. The van der Waals surface area contributed by atoms with E-state index in [-0.39, 0.29) is 11.5 Å². The van der Waals surface area contributed by atoms with Crippen LogP contribution in [0, 0.1) is 5.92 Å². The quantitative estimate of drug-likeness (QED) is 0.861. The molecule has 0 bridgehead atoms. The van der Waals surface area contributed by atoms with Crippen LogP contribution in [0.4, 0.5) is 0 Å². The number of nitrogens with zero attached hydrogens (tertiary/aromatic N) is 4. The summed E-state index contributed by atoms with van der Waals surface area (Å²) in [5.41, 5.74) is 1.84. The van der Waals surface area contributed by atoms with Gasteiger partial charge in [0.05, 0.1) is 6.20 Å². The number of aromatic amines is 1. The standard InChI is InChI=1S/C22H29N5O2/c1-15-12-26(13-16-5-3-2-4-6-16)14-18(15)20-24-22(28)19-11-23-21(27(19)25-20)17-7-9-29-10-8-17/h3,5-6,11,15,17-18H,2,4,7-10,12-14H2,1H3,(H,24,25,28)/t15?,18-/m1/s1. The molecule has 7 nitrogen and oxygen atoms in total. The predicted molar refractivity (Wildman–Crippen MR) is 111 cm³/mol. The lowest BCUT2D eigenvalue weighted by Crippen LogP contribution is -2.25. The number of likely N-dealkylation sites (tertiary alicyclic amines) is 1. The van der Waals surface area contributed by atoms with Gasteiger partial charge in [0.15, 0.2) is 5.52 Å². The molecule has 2 aromatic rings. The van der Waals surface area contributed by atoms with Crippen molar-refractivity contribution in [1.29, 1.82) is 0 Å². The van der Waals surface area contributed by atoms with Crippen LogP contribution < -0.4 is 5.56 Å². The highest BCUT2D eigenvalue weighted by Gasteiger charge is 2.33. The first-order chi connectivity index (χ1) is 14.2. The van der Waals surface area contributed by atoms with E-state index in [0.717, 1.165) is 70.2 Å². The molecule has 1 aliphatic carbocycles. The number of rotatable bonds is 4. The zero-order chi connectivity index (χ0) is 19.8. The lowest BCUT2D eigenvalue weighted by atomic mass is 9.97. The molecular formula is C22H29N5O2. The fourth-order valence-corrected chi connectivity index (χ4v) is 4.93. The maximum absolute atomic E-state index is 12.7. The number of aromatic nitrogens is 4. The van der Waals surface area contributed by atoms with Gasteiger partial charge in [-0.05, 0) is 37.2 Å². The molecule has 2 aromatic heterocycles. The normalized spacial score (nSPS) is 26.3. The maximum Gasteiger partial charge on any atom is 0.276 e. The minimum absolute atomic E-state index is 0.0932. The van der Waals surface area contributed by atoms with Gasteiger partial charge >= 0.3 is 0 Å². The van der Waals surface area contributed by atoms with Crippen LogP contribution in [0.15, 0.2) is 34.8 Å². The van der Waals surface area contributed by atoms with Crippen molar-refractivity contribution < 1.29 is 4.74 Å². The van der Waals surface area contributed by atoms with Crippen molar-refractivity contribution in [1.82, 2.24) is 24.5 Å². The number of hydrogen-bond acceptors (Lipinski definition) is 5. The Kier molecular flexibility index (Phi) is 5.09. The Morgan fingerprint density at radius 2 is 2.10 bits per heavy atom. The number of hydrogen-bond donors (Lipinski definition) is 1. The summed E-state index contributed by atoms with van der Waals surface area (Å²) >= 11 is 0. The van der Waals surface area contributed by atoms with E-state index in [0.29, 0.717) is 17.4 Å². The Bertz CT molecular complexity index is 998. The van der Waals surface area contributed by atoms with E-state index in [1.165, 1.54) is 5.57 Å². The molecule has 2 aliphatic heterocycles. The molecule has 1 unspecified atom stereocenters. The van der Waals surface area contributed by atoms with Crippen LogP contribution in [0.3, 0.4) is 0 Å². The van der Waals surface area contributed by atoms with Gasteiger partial charge in [0.1, 0.15) is 11.6 Å². The highest BCUT2D eigenvalue weighted by molar-refractivity contribution is 5.42. The molecule has 29 heavy (non-hydrogen) atoms. The van der Waals surface area contributed by atoms with Crippen molar-refractivity contribution in [3.8, 4) is 0 Å². The third-order valence-corrected chi connectivity index (χ3v) is 6.55. The first kappa shape index (κ1) is 18.8. The highest BCUT2D eigenvalue weighted by Crippen LogP contribution is 2.31. The predicted octanol–water partition coefficient (Wildman–Crippen LogP) is 2.62. The fourth-order valence-electron chi connectivity index (χ4n) is 4.93. The summed E-state index contributed by atoms with van der Waals surface area (Å²) in [5, 5.41) is 4.89. The second-order valence-corrected chi connectivity index (χ2v) is 8.68. The molecule has 5 rings (SSSR count). The molecule has 0 radical (unpaired) electrons. The third-order valence-electron chi connectivity index (χ3n) is 6.55. The van der Waals surface area contributed by atoms with Gasteiger partial charge in [-0.1, -0.05) is 25.2 Å². The molecule has 4 heterocycles. The first-order valence-electron chi connectivity index (χ1n) is 10.8. The molecule has 154 valence electrons. The molecule has 0 saturated carbocycles. The number of nitrogens with one attached hydrogen (secondary N) is 1. The van der Waals surface area contributed by atoms with Crippen molar-refractivity contribution in [2.24, 2.45) is 5.92 Å².